The predicted octanol–water partition coefficient (Wildman–Crippen LogP) is 0.719. The number of carbonyl (C=O) groups is 1. The molecular weight excluding hydrogens is 256 g/mol. The fourth-order valence-corrected chi connectivity index (χ4v) is 3.23. The number of aliphatic carboxylic acids is 1. The normalized spacial score (nSPS) is 18.3. The Morgan fingerprint density at radius 1 is 1.44 bits per heavy atom. The van der Waals surface area contributed by atoms with Gasteiger partial charge in [0.25, 0.3) is 0 Å². The minimum absolute atomic E-state index is 0.129. The van der Waals surface area contributed by atoms with Crippen LogP contribution < -0.4 is 4.31 Å². The number of carboxylic acids is 1. The number of hydrogen-bond acceptors (Lipinski definition) is 4. The zero-order valence-electron chi connectivity index (χ0n) is 9.48. The van der Waals surface area contributed by atoms with Crippen molar-refractivity contribution in [2.24, 2.45) is 0 Å². The summed E-state index contributed by atoms with van der Waals surface area (Å²) in [4.78, 5) is 14.5. The third kappa shape index (κ3) is 2.67. The van der Waals surface area contributed by atoms with Crippen molar-refractivity contribution in [3.63, 3.8) is 0 Å². The van der Waals surface area contributed by atoms with Crippen LogP contribution >= 0.6 is 0 Å². The molecule has 0 aliphatic carbocycles. The van der Waals surface area contributed by atoms with Crippen molar-refractivity contribution in [3.05, 3.63) is 30.0 Å². The highest BCUT2D eigenvalue weighted by molar-refractivity contribution is 7.93. The van der Waals surface area contributed by atoms with Crippen LogP contribution in [0.4, 0.5) is 5.82 Å². The van der Waals surface area contributed by atoms with Crippen LogP contribution in [0, 0.1) is 0 Å². The number of pyridine rings is 1. The molecule has 0 atom stereocenters. The molecule has 6 nitrogen and oxygen atoms in total. The maximum absolute atomic E-state index is 11.7. The van der Waals surface area contributed by atoms with Crippen LogP contribution in [-0.2, 0) is 14.8 Å². The molecule has 2 heterocycles. The van der Waals surface area contributed by atoms with Gasteiger partial charge in [-0.25, -0.2) is 18.2 Å². The Morgan fingerprint density at radius 3 is 2.83 bits per heavy atom. The fraction of sp³-hybridized carbons (Fsp3) is 0.273. The first-order valence-electron chi connectivity index (χ1n) is 5.37. The molecule has 0 bridgehead atoms. The van der Waals surface area contributed by atoms with E-state index < -0.39 is 16.0 Å². The summed E-state index contributed by atoms with van der Waals surface area (Å²) >= 11 is 0. The molecule has 0 spiro atoms. The summed E-state index contributed by atoms with van der Waals surface area (Å²) in [5.74, 6) is -0.611. The molecule has 1 aliphatic heterocycles. The van der Waals surface area contributed by atoms with Crippen LogP contribution in [0.25, 0.3) is 6.08 Å². The number of nitrogens with zero attached hydrogens (tertiary/aromatic N) is 2. The topological polar surface area (TPSA) is 87.6 Å². The Balaban J connectivity index is 2.30. The lowest BCUT2D eigenvalue weighted by Gasteiger charge is -2.15. The molecule has 1 saturated heterocycles. The van der Waals surface area contributed by atoms with Gasteiger partial charge in [0.15, 0.2) is 0 Å². The molecule has 0 saturated carbocycles. The van der Waals surface area contributed by atoms with Gasteiger partial charge in [-0.2, -0.15) is 0 Å². The van der Waals surface area contributed by atoms with Gasteiger partial charge in [0, 0.05) is 12.6 Å². The summed E-state index contributed by atoms with van der Waals surface area (Å²) < 4.78 is 24.7. The Bertz CT molecular complexity index is 595. The molecule has 2 rings (SSSR count). The molecule has 7 heteroatoms. The minimum Gasteiger partial charge on any atom is -0.478 e. The SMILES string of the molecule is O=C(O)/C=C/c1cccc(N2CCCS2(=O)=O)n1. The molecule has 0 radical (unpaired) electrons. The molecular formula is C11H12N2O4S. The van der Waals surface area contributed by atoms with Crippen molar-refractivity contribution in [3.8, 4) is 0 Å². The molecule has 1 aliphatic rings. The molecule has 1 aromatic rings. The van der Waals surface area contributed by atoms with Crippen molar-refractivity contribution in [2.45, 2.75) is 6.42 Å². The standard InChI is InChI=1S/C11H12N2O4S/c14-11(15)6-5-9-3-1-4-10(12-9)13-7-2-8-18(13,16)17/h1,3-6H,2,7-8H2,(H,14,15)/b6-5+. The minimum atomic E-state index is -3.26. The van der Waals surface area contributed by atoms with Gasteiger partial charge in [0.05, 0.1) is 11.4 Å². The smallest absolute Gasteiger partial charge is 0.328 e. The van der Waals surface area contributed by atoms with Crippen molar-refractivity contribution in [1.29, 1.82) is 0 Å². The van der Waals surface area contributed by atoms with Crippen molar-refractivity contribution in [2.75, 3.05) is 16.6 Å². The van der Waals surface area contributed by atoms with Gasteiger partial charge in [0.2, 0.25) is 10.0 Å². The molecule has 96 valence electrons. The maximum Gasteiger partial charge on any atom is 0.328 e. The first-order chi connectivity index (χ1) is 8.49. The summed E-state index contributed by atoms with van der Waals surface area (Å²) in [5, 5.41) is 8.52. The lowest BCUT2D eigenvalue weighted by Crippen LogP contribution is -2.26. The van der Waals surface area contributed by atoms with Crippen LogP contribution in [0.15, 0.2) is 24.3 Å². The van der Waals surface area contributed by atoms with Crippen molar-refractivity contribution in [1.82, 2.24) is 4.98 Å². The monoisotopic (exact) mass is 268 g/mol. The molecule has 1 aromatic heterocycles. The van der Waals surface area contributed by atoms with E-state index >= 15 is 0 Å². The Hall–Kier alpha value is -1.89. The van der Waals surface area contributed by atoms with Crippen molar-refractivity contribution >= 4 is 27.9 Å². The van der Waals surface area contributed by atoms with Gasteiger partial charge in [-0.1, -0.05) is 6.07 Å². The molecule has 1 fully saturated rings. The lowest BCUT2D eigenvalue weighted by molar-refractivity contribution is -0.131. The van der Waals surface area contributed by atoms with E-state index in [2.05, 4.69) is 4.98 Å². The summed E-state index contributed by atoms with van der Waals surface area (Å²) in [6.45, 7) is 0.418. The number of aromatic nitrogens is 1. The largest absolute Gasteiger partial charge is 0.478 e. The second-order valence-corrected chi connectivity index (χ2v) is 5.85. The number of carboxylic acid groups (broad SMARTS) is 1. The van der Waals surface area contributed by atoms with Crippen LogP contribution in [0.1, 0.15) is 12.1 Å². The van der Waals surface area contributed by atoms with E-state index in [1.165, 1.54) is 10.4 Å². The number of sulfonamides is 1. The second kappa shape index (κ2) is 4.77. The molecule has 1 N–H and O–H groups in total. The number of rotatable bonds is 3. The highest BCUT2D eigenvalue weighted by atomic mass is 32.2. The summed E-state index contributed by atoms with van der Waals surface area (Å²) in [7, 11) is -3.26. The van der Waals surface area contributed by atoms with E-state index in [1.807, 2.05) is 0 Å². The highest BCUT2D eigenvalue weighted by Gasteiger charge is 2.29. The van der Waals surface area contributed by atoms with E-state index in [0.29, 0.717) is 24.5 Å². The van der Waals surface area contributed by atoms with Gasteiger partial charge in [-0.3, -0.25) is 4.31 Å². The molecule has 0 amide bonds. The van der Waals surface area contributed by atoms with E-state index in [9.17, 15) is 13.2 Å². The van der Waals surface area contributed by atoms with Gasteiger partial charge in [-0.05, 0) is 24.6 Å². The zero-order chi connectivity index (χ0) is 13.2. The average Bonchev–Trinajstić information content (AvgIpc) is 2.67. The molecule has 0 unspecified atom stereocenters. The summed E-state index contributed by atoms with van der Waals surface area (Å²) in [6.07, 6.45) is 2.87. The van der Waals surface area contributed by atoms with Crippen LogP contribution in [-0.4, -0.2) is 36.8 Å². The third-order valence-corrected chi connectivity index (χ3v) is 4.35. The quantitative estimate of drug-likeness (QED) is 0.816. The first-order valence-corrected chi connectivity index (χ1v) is 6.98. The predicted molar refractivity (Wildman–Crippen MR) is 66.7 cm³/mol. The average molecular weight is 268 g/mol. The molecule has 0 aromatic carbocycles. The van der Waals surface area contributed by atoms with Crippen molar-refractivity contribution < 1.29 is 18.3 Å². The Kier molecular flexibility index (Phi) is 3.33. The van der Waals surface area contributed by atoms with E-state index in [1.54, 1.807) is 18.2 Å². The Labute approximate surface area is 105 Å². The maximum atomic E-state index is 11.7. The summed E-state index contributed by atoms with van der Waals surface area (Å²) in [6, 6.07) is 4.87. The van der Waals surface area contributed by atoms with E-state index in [-0.39, 0.29) is 5.75 Å². The van der Waals surface area contributed by atoms with Crippen LogP contribution in [0.3, 0.4) is 0 Å². The van der Waals surface area contributed by atoms with Crippen LogP contribution in [0.2, 0.25) is 0 Å². The highest BCUT2D eigenvalue weighted by Crippen LogP contribution is 2.22. The van der Waals surface area contributed by atoms with E-state index in [4.69, 9.17) is 5.11 Å². The van der Waals surface area contributed by atoms with Gasteiger partial charge < -0.3 is 5.11 Å². The number of hydrogen-bond donors (Lipinski definition) is 1. The lowest BCUT2D eigenvalue weighted by atomic mass is 10.3. The van der Waals surface area contributed by atoms with E-state index in [0.717, 1.165) is 6.08 Å². The van der Waals surface area contributed by atoms with Gasteiger partial charge in [0.1, 0.15) is 5.82 Å². The van der Waals surface area contributed by atoms with Crippen LogP contribution in [0.5, 0.6) is 0 Å². The Morgan fingerprint density at radius 2 is 2.22 bits per heavy atom. The summed E-state index contributed by atoms with van der Waals surface area (Å²) in [5.41, 5.74) is 0.414. The third-order valence-electron chi connectivity index (χ3n) is 2.51. The first kappa shape index (κ1) is 12.6. The van der Waals surface area contributed by atoms with Gasteiger partial charge >= 0.3 is 5.97 Å². The zero-order valence-corrected chi connectivity index (χ0v) is 10.3. The molecule has 18 heavy (non-hydrogen) atoms. The second-order valence-electron chi connectivity index (χ2n) is 3.83. The fourth-order valence-electron chi connectivity index (χ4n) is 1.72. The number of anilines is 1. The van der Waals surface area contributed by atoms with Gasteiger partial charge in [-0.15, -0.1) is 0 Å².